The number of nitrogens with zero attached hydrogens (tertiary/aromatic N) is 1. The first-order valence-electron chi connectivity index (χ1n) is 8.89. The average molecular weight is 395 g/mol. The third-order valence-corrected chi connectivity index (χ3v) is 4.72. The van der Waals surface area contributed by atoms with Crippen LogP contribution in [0.25, 0.3) is 0 Å². The van der Waals surface area contributed by atoms with Gasteiger partial charge in [-0.1, -0.05) is 34.6 Å². The molecule has 1 aliphatic carbocycles. The molecule has 2 atom stereocenters. The second-order valence-corrected chi connectivity index (χ2v) is 8.61. The maximum atomic E-state index is 12.0. The van der Waals surface area contributed by atoms with Crippen LogP contribution < -0.4 is 11.1 Å². The lowest BCUT2D eigenvalue weighted by Gasteiger charge is -2.26. The van der Waals surface area contributed by atoms with Gasteiger partial charge in [0.25, 0.3) is 0 Å². The minimum atomic E-state index is -4.86. The van der Waals surface area contributed by atoms with E-state index in [0.717, 1.165) is 31.5 Å². The molecule has 2 unspecified atom stereocenters. The fraction of sp³-hybridized carbons (Fsp3) is 0.833. The van der Waals surface area contributed by atoms with Crippen molar-refractivity contribution in [1.82, 2.24) is 10.2 Å². The van der Waals surface area contributed by atoms with Gasteiger partial charge in [0.15, 0.2) is 0 Å². The number of likely N-dealkylation sites (tertiary alicyclic amines) is 1. The second-order valence-electron chi connectivity index (χ2n) is 8.61. The highest BCUT2D eigenvalue weighted by Gasteiger charge is 2.62. The fourth-order valence-electron chi connectivity index (χ4n) is 2.98. The summed E-state index contributed by atoms with van der Waals surface area (Å²) in [6, 6.07) is 0. The number of fused-ring (bicyclic) bond motifs is 1. The third-order valence-electron chi connectivity index (χ3n) is 4.72. The molecule has 1 aliphatic heterocycles. The third kappa shape index (κ3) is 8.62. The van der Waals surface area contributed by atoms with Crippen molar-refractivity contribution in [2.75, 3.05) is 19.6 Å². The molecule has 2 fully saturated rings. The Balaban J connectivity index is 0.000000472. The number of hydrogen-bond donors (Lipinski definition) is 2. The monoisotopic (exact) mass is 395 g/mol. The number of rotatable bonds is 3. The zero-order valence-electron chi connectivity index (χ0n) is 16.9. The lowest BCUT2D eigenvalue weighted by Crippen LogP contribution is -2.35. The van der Waals surface area contributed by atoms with Crippen LogP contribution >= 0.6 is 0 Å². The van der Waals surface area contributed by atoms with Crippen LogP contribution in [0, 0.1) is 22.7 Å². The van der Waals surface area contributed by atoms with E-state index < -0.39 is 12.1 Å². The summed E-state index contributed by atoms with van der Waals surface area (Å²) in [6.45, 7) is 15.7. The van der Waals surface area contributed by atoms with Gasteiger partial charge in [-0.2, -0.15) is 13.2 Å². The quantitative estimate of drug-likeness (QED) is 0.719. The Morgan fingerprint density at radius 2 is 1.59 bits per heavy atom. The zero-order valence-corrected chi connectivity index (χ0v) is 16.9. The van der Waals surface area contributed by atoms with Crippen LogP contribution in [0.1, 0.15) is 48.0 Å². The van der Waals surface area contributed by atoms with Gasteiger partial charge in [0, 0.05) is 26.1 Å². The number of nitrogens with one attached hydrogen (secondary N) is 1. The van der Waals surface area contributed by atoms with E-state index in [4.69, 9.17) is 4.79 Å². The lowest BCUT2D eigenvalue weighted by atomic mass is 9.91. The van der Waals surface area contributed by atoms with E-state index in [9.17, 15) is 22.8 Å². The van der Waals surface area contributed by atoms with Gasteiger partial charge in [0.2, 0.25) is 12.3 Å². The molecule has 6 nitrogen and oxygen atoms in total. The Morgan fingerprint density at radius 1 is 1.19 bits per heavy atom. The van der Waals surface area contributed by atoms with E-state index in [1.54, 1.807) is 0 Å². The molecule has 1 saturated carbocycles. The van der Waals surface area contributed by atoms with Gasteiger partial charge < -0.3 is 16.0 Å². The highest BCUT2D eigenvalue weighted by atomic mass is 19.4. The molecule has 0 aromatic carbocycles. The molecule has 0 bridgehead atoms. The minimum absolute atomic E-state index is 0.124. The molecule has 1 saturated heterocycles. The summed E-state index contributed by atoms with van der Waals surface area (Å²) >= 11 is 0. The van der Waals surface area contributed by atoms with Crippen molar-refractivity contribution in [2.24, 2.45) is 28.4 Å². The van der Waals surface area contributed by atoms with Crippen molar-refractivity contribution in [3.05, 3.63) is 0 Å². The number of halogens is 3. The van der Waals surface area contributed by atoms with Crippen LogP contribution in [0.5, 0.6) is 0 Å². The molecular weight excluding hydrogens is 363 g/mol. The SMILES string of the molecule is CC(C)(C)CC(=O)N1CC2C(C1)C2(C)C.CCNC=O.NC(=O)C(F)(F)F. The molecular formula is C18H32F3N3O3. The summed E-state index contributed by atoms with van der Waals surface area (Å²) in [5.74, 6) is -0.346. The Bertz CT molecular complexity index is 514. The van der Waals surface area contributed by atoms with Crippen molar-refractivity contribution in [1.29, 1.82) is 0 Å². The van der Waals surface area contributed by atoms with Gasteiger partial charge in [0.05, 0.1) is 0 Å². The Hall–Kier alpha value is -1.80. The Morgan fingerprint density at radius 3 is 1.81 bits per heavy atom. The lowest BCUT2D eigenvalue weighted by molar-refractivity contribution is -0.169. The van der Waals surface area contributed by atoms with Crippen molar-refractivity contribution in [3.8, 4) is 0 Å². The van der Waals surface area contributed by atoms with Crippen molar-refractivity contribution >= 4 is 18.2 Å². The molecule has 0 radical (unpaired) electrons. The number of primary amides is 1. The number of hydrogen-bond acceptors (Lipinski definition) is 3. The van der Waals surface area contributed by atoms with Crippen LogP contribution in [0.3, 0.4) is 0 Å². The Kier molecular flexibility index (Phi) is 8.79. The van der Waals surface area contributed by atoms with Crippen LogP contribution in [0.2, 0.25) is 0 Å². The molecule has 9 heteroatoms. The normalized spacial score (nSPS) is 22.3. The van der Waals surface area contributed by atoms with Gasteiger partial charge in [-0.3, -0.25) is 14.4 Å². The van der Waals surface area contributed by atoms with E-state index in [0.29, 0.717) is 24.2 Å². The topological polar surface area (TPSA) is 92.5 Å². The maximum Gasteiger partial charge on any atom is 0.470 e. The van der Waals surface area contributed by atoms with E-state index in [2.05, 4.69) is 50.6 Å². The van der Waals surface area contributed by atoms with Crippen LogP contribution in [-0.2, 0) is 14.4 Å². The van der Waals surface area contributed by atoms with Gasteiger partial charge in [-0.25, -0.2) is 0 Å². The van der Waals surface area contributed by atoms with Crippen molar-refractivity contribution in [2.45, 2.75) is 54.1 Å². The van der Waals surface area contributed by atoms with Crippen LogP contribution in [0.4, 0.5) is 13.2 Å². The number of carbonyl (C=O) groups is 3. The summed E-state index contributed by atoms with van der Waals surface area (Å²) in [5.41, 5.74) is 4.44. The van der Waals surface area contributed by atoms with Crippen LogP contribution in [-0.4, -0.2) is 48.9 Å². The maximum absolute atomic E-state index is 12.0. The van der Waals surface area contributed by atoms with Crippen molar-refractivity contribution < 1.29 is 27.6 Å². The number of nitrogens with two attached hydrogens (primary N) is 1. The standard InChI is InChI=1S/C13H23NO.C3H7NO.C2H2F3NO/c1-12(2,3)6-11(15)14-7-9-10(8-14)13(9,4)5;1-2-4-3-5;3-2(4,5)1(6)7/h9-10H,6-8H2,1-5H3;3H,2H2,1H3,(H,4,5);(H2,6,7). The summed E-state index contributed by atoms with van der Waals surface area (Å²) in [7, 11) is 0. The fourth-order valence-corrected chi connectivity index (χ4v) is 2.98. The van der Waals surface area contributed by atoms with E-state index in [1.807, 2.05) is 6.92 Å². The molecule has 2 rings (SSSR count). The first kappa shape index (κ1) is 25.2. The zero-order chi connectivity index (χ0) is 21.6. The molecule has 2 aliphatic rings. The smallest absolute Gasteiger partial charge is 0.362 e. The van der Waals surface area contributed by atoms with Gasteiger partial charge in [-0.15, -0.1) is 0 Å². The van der Waals surface area contributed by atoms with E-state index in [1.165, 1.54) is 0 Å². The van der Waals surface area contributed by atoms with Gasteiger partial charge >= 0.3 is 12.1 Å². The van der Waals surface area contributed by atoms with Crippen molar-refractivity contribution in [3.63, 3.8) is 0 Å². The number of alkyl halides is 3. The highest BCUT2D eigenvalue weighted by Crippen LogP contribution is 2.62. The minimum Gasteiger partial charge on any atom is -0.362 e. The summed E-state index contributed by atoms with van der Waals surface area (Å²) in [4.78, 5) is 32.5. The first-order chi connectivity index (χ1) is 12.1. The molecule has 158 valence electrons. The summed E-state index contributed by atoms with van der Waals surface area (Å²) < 4.78 is 32.1. The van der Waals surface area contributed by atoms with Gasteiger partial charge in [-0.05, 0) is 29.6 Å². The molecule has 0 aromatic heterocycles. The molecule has 3 N–H and O–H groups in total. The predicted octanol–water partition coefficient (Wildman–Crippen LogP) is 2.32. The number of carbonyl (C=O) groups excluding carboxylic acids is 3. The number of piperidine rings is 1. The predicted molar refractivity (Wildman–Crippen MR) is 96.4 cm³/mol. The largest absolute Gasteiger partial charge is 0.470 e. The molecule has 0 spiro atoms. The van der Waals surface area contributed by atoms with Crippen LogP contribution in [0.15, 0.2) is 0 Å². The number of amides is 3. The summed E-state index contributed by atoms with van der Waals surface area (Å²) in [6.07, 6.45) is -3.49. The summed E-state index contributed by atoms with van der Waals surface area (Å²) in [5, 5.41) is 2.43. The second kappa shape index (κ2) is 9.41. The molecule has 3 amide bonds. The van der Waals surface area contributed by atoms with E-state index in [-0.39, 0.29) is 5.41 Å². The highest BCUT2D eigenvalue weighted by molar-refractivity contribution is 5.79. The van der Waals surface area contributed by atoms with Gasteiger partial charge in [0.1, 0.15) is 0 Å². The molecule has 0 aromatic rings. The van der Waals surface area contributed by atoms with E-state index >= 15 is 0 Å². The first-order valence-corrected chi connectivity index (χ1v) is 8.89. The molecule has 27 heavy (non-hydrogen) atoms. The average Bonchev–Trinajstić information content (AvgIpc) is 2.86. The Labute approximate surface area is 159 Å². The molecule has 1 heterocycles.